The predicted octanol–water partition coefficient (Wildman–Crippen LogP) is 5.15. The molecular weight excluding hydrogens is 472 g/mol. The number of hydrogen-bond acceptors (Lipinski definition) is 5. The lowest BCUT2D eigenvalue weighted by Gasteiger charge is -2.32. The lowest BCUT2D eigenvalue weighted by atomic mass is 9.94. The molecular formula is C26H37ClN2O4S. The van der Waals surface area contributed by atoms with Crippen molar-refractivity contribution < 1.29 is 19.1 Å². The molecule has 0 bridgehead atoms. The molecule has 0 aliphatic rings. The molecule has 188 valence electrons. The fraction of sp³-hybridized carbons (Fsp3) is 0.538. The molecule has 0 spiro atoms. The molecule has 1 heterocycles. The molecule has 0 aliphatic carbocycles. The van der Waals surface area contributed by atoms with Gasteiger partial charge in [0.1, 0.15) is 0 Å². The number of ether oxygens (including phenoxy) is 2. The van der Waals surface area contributed by atoms with E-state index in [0.29, 0.717) is 37.6 Å². The van der Waals surface area contributed by atoms with E-state index < -0.39 is 5.41 Å². The smallest absolute Gasteiger partial charge is 0.242 e. The Morgan fingerprint density at radius 1 is 1.06 bits per heavy atom. The second-order valence-corrected chi connectivity index (χ2v) is 10.3. The van der Waals surface area contributed by atoms with Crippen LogP contribution in [-0.4, -0.2) is 61.3 Å². The van der Waals surface area contributed by atoms with Crippen LogP contribution >= 0.6 is 22.9 Å². The van der Waals surface area contributed by atoms with E-state index in [2.05, 4.69) is 13.0 Å². The number of halogens is 1. The Balaban J connectivity index is 2.22. The van der Waals surface area contributed by atoms with Gasteiger partial charge in [0.05, 0.1) is 32.7 Å². The van der Waals surface area contributed by atoms with Gasteiger partial charge in [-0.25, -0.2) is 0 Å². The Kier molecular flexibility index (Phi) is 10.7. The third-order valence-corrected chi connectivity index (χ3v) is 7.47. The number of benzene rings is 1. The summed E-state index contributed by atoms with van der Waals surface area (Å²) in [5, 5.41) is 2.04. The van der Waals surface area contributed by atoms with Crippen LogP contribution in [0.25, 0.3) is 0 Å². The molecule has 1 aromatic carbocycles. The van der Waals surface area contributed by atoms with Crippen molar-refractivity contribution in [2.75, 3.05) is 39.7 Å². The van der Waals surface area contributed by atoms with Gasteiger partial charge in [-0.15, -0.1) is 22.9 Å². The van der Waals surface area contributed by atoms with E-state index in [1.54, 1.807) is 30.5 Å². The summed E-state index contributed by atoms with van der Waals surface area (Å²) in [6.45, 7) is 9.30. The van der Waals surface area contributed by atoms with Crippen molar-refractivity contribution in [2.24, 2.45) is 5.41 Å². The number of carbonyl (C=O) groups excluding carboxylic acids is 2. The van der Waals surface area contributed by atoms with Gasteiger partial charge in [-0.1, -0.05) is 13.0 Å². The van der Waals surface area contributed by atoms with Gasteiger partial charge in [-0.2, -0.15) is 0 Å². The van der Waals surface area contributed by atoms with Crippen LogP contribution in [0.5, 0.6) is 11.5 Å². The number of nitrogens with zero attached hydrogens (tertiary/aromatic N) is 2. The van der Waals surface area contributed by atoms with Crippen LogP contribution in [0.2, 0.25) is 0 Å². The molecule has 0 fully saturated rings. The van der Waals surface area contributed by atoms with Crippen molar-refractivity contribution in [3.63, 3.8) is 0 Å². The van der Waals surface area contributed by atoms with E-state index >= 15 is 0 Å². The van der Waals surface area contributed by atoms with Gasteiger partial charge >= 0.3 is 0 Å². The van der Waals surface area contributed by atoms with Crippen LogP contribution in [0.4, 0.5) is 0 Å². The summed E-state index contributed by atoms with van der Waals surface area (Å²) in [4.78, 5) is 31.2. The monoisotopic (exact) mass is 508 g/mol. The van der Waals surface area contributed by atoms with E-state index in [0.717, 1.165) is 16.9 Å². The Morgan fingerprint density at radius 3 is 2.32 bits per heavy atom. The summed E-state index contributed by atoms with van der Waals surface area (Å²) in [5.41, 5.74) is 1.49. The van der Waals surface area contributed by atoms with Crippen LogP contribution < -0.4 is 9.47 Å². The van der Waals surface area contributed by atoms with Gasteiger partial charge in [-0.3, -0.25) is 9.59 Å². The largest absolute Gasteiger partial charge is 0.493 e. The molecule has 6 nitrogen and oxygen atoms in total. The number of rotatable bonds is 13. The molecule has 0 radical (unpaired) electrons. The molecule has 0 aliphatic heterocycles. The molecule has 1 aromatic heterocycles. The fourth-order valence-electron chi connectivity index (χ4n) is 3.60. The third kappa shape index (κ3) is 7.37. The number of methoxy groups -OCH3 is 2. The number of hydrogen-bond donors (Lipinski definition) is 0. The van der Waals surface area contributed by atoms with Crippen LogP contribution in [0.1, 0.15) is 43.2 Å². The summed E-state index contributed by atoms with van der Waals surface area (Å²) in [5.74, 6) is 1.38. The maximum atomic E-state index is 13.5. The average molecular weight is 509 g/mol. The van der Waals surface area contributed by atoms with Crippen molar-refractivity contribution in [1.82, 2.24) is 9.80 Å². The average Bonchev–Trinajstić information content (AvgIpc) is 3.24. The molecule has 0 saturated heterocycles. The Bertz CT molecular complexity index is 960. The maximum Gasteiger partial charge on any atom is 0.242 e. The first-order valence-corrected chi connectivity index (χ1v) is 12.9. The van der Waals surface area contributed by atoms with Crippen molar-refractivity contribution in [3.05, 3.63) is 45.6 Å². The highest BCUT2D eigenvalue weighted by molar-refractivity contribution is 7.10. The molecule has 0 saturated carbocycles. The van der Waals surface area contributed by atoms with Gasteiger partial charge in [-0.05, 0) is 68.3 Å². The van der Waals surface area contributed by atoms with E-state index in [1.807, 2.05) is 49.3 Å². The lowest BCUT2D eigenvalue weighted by Crippen LogP contribution is -2.48. The number of carbonyl (C=O) groups is 2. The highest BCUT2D eigenvalue weighted by atomic mass is 35.5. The summed E-state index contributed by atoms with van der Waals surface area (Å²) in [7, 11) is 3.22. The Hall–Kier alpha value is -2.25. The van der Waals surface area contributed by atoms with Crippen molar-refractivity contribution >= 4 is 34.8 Å². The third-order valence-electron chi connectivity index (χ3n) is 5.79. The fourth-order valence-corrected chi connectivity index (χ4v) is 4.64. The van der Waals surface area contributed by atoms with E-state index in [9.17, 15) is 9.59 Å². The van der Waals surface area contributed by atoms with Crippen LogP contribution in [0, 0.1) is 12.3 Å². The van der Waals surface area contributed by atoms with Gasteiger partial charge in [0.2, 0.25) is 11.8 Å². The first kappa shape index (κ1) is 28.0. The van der Waals surface area contributed by atoms with Crippen molar-refractivity contribution in [3.8, 4) is 11.5 Å². The topological polar surface area (TPSA) is 59.1 Å². The standard InChI is InChI=1S/C26H37ClN2O4S/c1-7-12-29(25(31)26(3,4)18-27)17-24(30)28(16-23-19(2)11-14-34-23)13-10-20-8-9-21(32-5)22(15-20)33-6/h8-9,11,14-15H,7,10,12-13,16-18H2,1-6H3. The Morgan fingerprint density at radius 2 is 1.76 bits per heavy atom. The molecule has 0 atom stereocenters. The lowest BCUT2D eigenvalue weighted by molar-refractivity contribution is -0.145. The van der Waals surface area contributed by atoms with E-state index in [-0.39, 0.29) is 24.2 Å². The second-order valence-electron chi connectivity index (χ2n) is 9.03. The molecule has 2 aromatic rings. The summed E-state index contributed by atoms with van der Waals surface area (Å²) < 4.78 is 10.8. The van der Waals surface area contributed by atoms with Crippen molar-refractivity contribution in [1.29, 1.82) is 0 Å². The minimum Gasteiger partial charge on any atom is -0.493 e. The zero-order valence-electron chi connectivity index (χ0n) is 21.2. The predicted molar refractivity (Wildman–Crippen MR) is 139 cm³/mol. The summed E-state index contributed by atoms with van der Waals surface area (Å²) in [6, 6.07) is 7.86. The minimum atomic E-state index is -0.716. The van der Waals surface area contributed by atoms with Gasteiger partial charge in [0, 0.05) is 23.8 Å². The molecule has 2 amide bonds. The molecule has 34 heavy (non-hydrogen) atoms. The first-order valence-electron chi connectivity index (χ1n) is 11.5. The minimum absolute atomic E-state index is 0.0450. The number of alkyl halides is 1. The van der Waals surface area contributed by atoms with E-state index in [1.165, 1.54) is 5.56 Å². The quantitative estimate of drug-likeness (QED) is 0.351. The Labute approximate surface area is 212 Å². The molecule has 8 heteroatoms. The normalized spacial score (nSPS) is 11.3. The first-order chi connectivity index (χ1) is 16.2. The highest BCUT2D eigenvalue weighted by Gasteiger charge is 2.32. The van der Waals surface area contributed by atoms with Gasteiger partial charge < -0.3 is 19.3 Å². The van der Waals surface area contributed by atoms with Crippen LogP contribution in [0.15, 0.2) is 29.6 Å². The zero-order valence-corrected chi connectivity index (χ0v) is 22.7. The van der Waals surface area contributed by atoms with Gasteiger partial charge in [0.15, 0.2) is 11.5 Å². The molecule has 2 rings (SSSR count). The number of amides is 2. The zero-order chi connectivity index (χ0) is 25.3. The summed E-state index contributed by atoms with van der Waals surface area (Å²) in [6.07, 6.45) is 1.43. The molecule has 0 N–H and O–H groups in total. The summed E-state index contributed by atoms with van der Waals surface area (Å²) >= 11 is 7.69. The SMILES string of the molecule is CCCN(CC(=O)N(CCc1ccc(OC)c(OC)c1)Cc1sccc1C)C(=O)C(C)(C)CCl. The van der Waals surface area contributed by atoms with Crippen LogP contribution in [0.3, 0.4) is 0 Å². The van der Waals surface area contributed by atoms with Crippen molar-refractivity contribution in [2.45, 2.75) is 47.1 Å². The van der Waals surface area contributed by atoms with Crippen LogP contribution in [-0.2, 0) is 22.6 Å². The number of thiophene rings is 1. The van der Waals surface area contributed by atoms with E-state index in [4.69, 9.17) is 21.1 Å². The second kappa shape index (κ2) is 13.0. The highest BCUT2D eigenvalue weighted by Crippen LogP contribution is 2.28. The molecule has 0 unspecified atom stereocenters. The maximum absolute atomic E-state index is 13.5. The van der Waals surface area contributed by atoms with Gasteiger partial charge in [0.25, 0.3) is 0 Å². The number of aryl methyl sites for hydroxylation is 1.